The minimum absolute atomic E-state index is 0.132. The first-order valence-electron chi connectivity index (χ1n) is 10.6. The van der Waals surface area contributed by atoms with Gasteiger partial charge in [0.15, 0.2) is 0 Å². The van der Waals surface area contributed by atoms with Gasteiger partial charge in [0.1, 0.15) is 17.2 Å². The van der Waals surface area contributed by atoms with E-state index in [1.54, 1.807) is 24.5 Å². The van der Waals surface area contributed by atoms with Crippen molar-refractivity contribution in [3.05, 3.63) is 77.2 Å². The van der Waals surface area contributed by atoms with Gasteiger partial charge in [-0.1, -0.05) is 15.9 Å². The van der Waals surface area contributed by atoms with E-state index >= 15 is 0 Å². The van der Waals surface area contributed by atoms with E-state index in [1.807, 2.05) is 42.5 Å². The normalized spacial score (nSPS) is 15.4. The van der Waals surface area contributed by atoms with Crippen molar-refractivity contribution in [2.45, 2.75) is 12.5 Å². The van der Waals surface area contributed by atoms with E-state index in [-0.39, 0.29) is 11.9 Å². The van der Waals surface area contributed by atoms with E-state index in [9.17, 15) is 4.79 Å². The molecule has 0 aliphatic carbocycles. The van der Waals surface area contributed by atoms with Crippen molar-refractivity contribution in [1.29, 1.82) is 0 Å². The second kappa shape index (κ2) is 9.51. The summed E-state index contributed by atoms with van der Waals surface area (Å²) in [5.41, 5.74) is 2.02. The average molecular weight is 505 g/mol. The van der Waals surface area contributed by atoms with Gasteiger partial charge < -0.3 is 20.7 Å². The van der Waals surface area contributed by atoms with Gasteiger partial charge in [-0.2, -0.15) is 0 Å². The Morgan fingerprint density at radius 3 is 2.73 bits per heavy atom. The van der Waals surface area contributed by atoms with Crippen molar-refractivity contribution >= 4 is 44.4 Å². The summed E-state index contributed by atoms with van der Waals surface area (Å²) in [6.45, 7) is 1.69. The Labute approximate surface area is 198 Å². The second-order valence-corrected chi connectivity index (χ2v) is 8.60. The van der Waals surface area contributed by atoms with Crippen molar-refractivity contribution in [3.8, 4) is 11.5 Å². The highest BCUT2D eigenvalue weighted by atomic mass is 79.9. The van der Waals surface area contributed by atoms with Crippen LogP contribution in [0.4, 0.5) is 11.6 Å². The maximum absolute atomic E-state index is 12.5. The number of carbonyl (C=O) groups is 1. The molecule has 33 heavy (non-hydrogen) atoms. The fraction of sp³-hybridized carbons (Fsp3) is 0.167. The highest BCUT2D eigenvalue weighted by Crippen LogP contribution is 2.26. The fourth-order valence-corrected chi connectivity index (χ4v) is 3.83. The van der Waals surface area contributed by atoms with Crippen LogP contribution in [-0.4, -0.2) is 40.0 Å². The molecule has 8 nitrogen and oxygen atoms in total. The van der Waals surface area contributed by atoms with Gasteiger partial charge in [0.25, 0.3) is 5.91 Å². The van der Waals surface area contributed by atoms with Crippen LogP contribution in [0.15, 0.2) is 71.5 Å². The van der Waals surface area contributed by atoms with Crippen LogP contribution in [0.25, 0.3) is 10.9 Å². The predicted molar refractivity (Wildman–Crippen MR) is 130 cm³/mol. The first kappa shape index (κ1) is 21.3. The molecule has 2 aromatic carbocycles. The summed E-state index contributed by atoms with van der Waals surface area (Å²) >= 11 is 3.43. The van der Waals surface area contributed by atoms with Crippen molar-refractivity contribution in [1.82, 2.24) is 25.6 Å². The van der Waals surface area contributed by atoms with E-state index in [1.165, 1.54) is 0 Å². The van der Waals surface area contributed by atoms with Gasteiger partial charge >= 0.3 is 0 Å². The van der Waals surface area contributed by atoms with Crippen LogP contribution in [0.1, 0.15) is 16.9 Å². The third-order valence-electron chi connectivity index (χ3n) is 5.25. The number of hydrogen-bond acceptors (Lipinski definition) is 7. The third kappa shape index (κ3) is 5.27. The van der Waals surface area contributed by atoms with Crippen LogP contribution < -0.4 is 20.7 Å². The minimum atomic E-state index is -0.202. The van der Waals surface area contributed by atoms with Gasteiger partial charge in [-0.05, 0) is 61.5 Å². The lowest BCUT2D eigenvalue weighted by atomic mass is 10.2. The summed E-state index contributed by atoms with van der Waals surface area (Å²) in [6, 6.07) is 16.9. The zero-order chi connectivity index (χ0) is 22.6. The summed E-state index contributed by atoms with van der Waals surface area (Å²) in [4.78, 5) is 25.6. The number of anilines is 2. The summed E-state index contributed by atoms with van der Waals surface area (Å²) in [6.07, 6.45) is 4.24. The van der Waals surface area contributed by atoms with Crippen LogP contribution in [-0.2, 0) is 0 Å². The molecule has 0 radical (unpaired) electrons. The topological polar surface area (TPSA) is 101 Å². The van der Waals surface area contributed by atoms with Crippen LogP contribution in [0, 0.1) is 0 Å². The van der Waals surface area contributed by atoms with Gasteiger partial charge in [0, 0.05) is 46.6 Å². The summed E-state index contributed by atoms with van der Waals surface area (Å²) in [7, 11) is 0. The third-order valence-corrected chi connectivity index (χ3v) is 5.78. The number of benzene rings is 2. The minimum Gasteiger partial charge on any atom is -0.457 e. The predicted octanol–water partition coefficient (Wildman–Crippen LogP) is 4.41. The lowest BCUT2D eigenvalue weighted by molar-refractivity contribution is 0.0934. The average Bonchev–Trinajstić information content (AvgIpc) is 3.34. The van der Waals surface area contributed by atoms with Crippen LogP contribution in [0.3, 0.4) is 0 Å². The molecular formula is C24H21BrN6O2. The number of ether oxygens (including phenoxy) is 1. The highest BCUT2D eigenvalue weighted by molar-refractivity contribution is 9.10. The Morgan fingerprint density at radius 1 is 1.06 bits per heavy atom. The molecule has 1 atom stereocenters. The standard InChI is InChI=1S/C24H21BrN6O2/c25-16-1-3-17(4-2-16)30-24-28-13-15-11-19(5-6-21(15)31-24)33-20-8-10-27-22(12-20)23(32)29-18-7-9-26-14-18/h1-6,8,10-13,18,26H,7,9,14H2,(H,29,32)(H,28,30,31). The monoisotopic (exact) mass is 504 g/mol. The Morgan fingerprint density at radius 2 is 1.91 bits per heavy atom. The number of nitrogens with one attached hydrogen (secondary N) is 3. The van der Waals surface area contributed by atoms with Gasteiger partial charge in [-0.3, -0.25) is 9.78 Å². The maximum Gasteiger partial charge on any atom is 0.270 e. The Balaban J connectivity index is 1.29. The van der Waals surface area contributed by atoms with Gasteiger partial charge in [0.2, 0.25) is 5.95 Å². The largest absolute Gasteiger partial charge is 0.457 e. The molecule has 1 saturated heterocycles. The summed E-state index contributed by atoms with van der Waals surface area (Å²) in [5, 5.41) is 10.3. The van der Waals surface area contributed by atoms with Gasteiger partial charge in [0.05, 0.1) is 5.52 Å². The van der Waals surface area contributed by atoms with Crippen molar-refractivity contribution in [2.24, 2.45) is 0 Å². The number of carbonyl (C=O) groups excluding carboxylic acids is 1. The number of pyridine rings is 1. The zero-order valence-electron chi connectivity index (χ0n) is 17.6. The molecule has 1 aliphatic rings. The Hall–Kier alpha value is -3.56. The number of amides is 1. The van der Waals surface area contributed by atoms with Crippen molar-refractivity contribution < 1.29 is 9.53 Å². The Kier molecular flexibility index (Phi) is 6.14. The molecule has 1 aliphatic heterocycles. The molecule has 2 aromatic heterocycles. The number of rotatable bonds is 6. The molecule has 3 heterocycles. The highest BCUT2D eigenvalue weighted by Gasteiger charge is 2.18. The van der Waals surface area contributed by atoms with Gasteiger partial charge in [-0.25, -0.2) is 9.97 Å². The van der Waals surface area contributed by atoms with Gasteiger partial charge in [-0.15, -0.1) is 0 Å². The molecule has 5 rings (SSSR count). The van der Waals surface area contributed by atoms with Crippen LogP contribution >= 0.6 is 15.9 Å². The molecule has 0 spiro atoms. The maximum atomic E-state index is 12.5. The molecule has 4 aromatic rings. The fourth-order valence-electron chi connectivity index (χ4n) is 3.57. The van der Waals surface area contributed by atoms with E-state index in [0.29, 0.717) is 23.1 Å². The lowest BCUT2D eigenvalue weighted by Gasteiger charge is -2.12. The first-order valence-corrected chi connectivity index (χ1v) is 11.4. The SMILES string of the molecule is O=C(NC1CCNC1)c1cc(Oc2ccc3nc(Nc4ccc(Br)cc4)ncc3c2)ccn1. The molecule has 0 saturated carbocycles. The van der Waals surface area contributed by atoms with Crippen LogP contribution in [0.2, 0.25) is 0 Å². The number of halogens is 1. The van der Waals surface area contributed by atoms with Crippen LogP contribution in [0.5, 0.6) is 11.5 Å². The lowest BCUT2D eigenvalue weighted by Crippen LogP contribution is -2.36. The Bertz CT molecular complexity index is 1290. The second-order valence-electron chi connectivity index (χ2n) is 7.69. The summed E-state index contributed by atoms with van der Waals surface area (Å²) < 4.78 is 6.98. The molecule has 1 unspecified atom stereocenters. The molecule has 9 heteroatoms. The molecule has 1 amide bonds. The first-order chi connectivity index (χ1) is 16.1. The number of aromatic nitrogens is 3. The van der Waals surface area contributed by atoms with E-state index in [2.05, 4.69) is 46.8 Å². The number of fused-ring (bicyclic) bond motifs is 1. The molecule has 0 bridgehead atoms. The zero-order valence-corrected chi connectivity index (χ0v) is 19.2. The van der Waals surface area contributed by atoms with E-state index < -0.39 is 0 Å². The quantitative estimate of drug-likeness (QED) is 0.357. The molecular weight excluding hydrogens is 484 g/mol. The van der Waals surface area contributed by atoms with Crippen molar-refractivity contribution in [3.63, 3.8) is 0 Å². The molecule has 166 valence electrons. The number of nitrogens with zero attached hydrogens (tertiary/aromatic N) is 3. The number of hydrogen-bond donors (Lipinski definition) is 3. The molecule has 3 N–H and O–H groups in total. The smallest absolute Gasteiger partial charge is 0.270 e. The summed E-state index contributed by atoms with van der Waals surface area (Å²) in [5.74, 6) is 1.47. The van der Waals surface area contributed by atoms with E-state index in [4.69, 9.17) is 4.74 Å². The van der Waals surface area contributed by atoms with Crippen molar-refractivity contribution in [2.75, 3.05) is 18.4 Å². The molecule has 1 fully saturated rings. The van der Waals surface area contributed by atoms with E-state index in [0.717, 1.165) is 40.6 Å².